The Morgan fingerprint density at radius 3 is 2.88 bits per heavy atom. The minimum atomic E-state index is -0.818. The third-order valence-corrected chi connectivity index (χ3v) is 1.78. The van der Waals surface area contributed by atoms with Crippen LogP contribution in [0.4, 0.5) is 14.6 Å². The van der Waals surface area contributed by atoms with Crippen molar-refractivity contribution in [2.75, 3.05) is 18.5 Å². The Bertz CT molecular complexity index is 369. The molecule has 88 valence electrons. The van der Waals surface area contributed by atoms with Crippen LogP contribution < -0.4 is 10.1 Å². The minimum Gasteiger partial charge on any atom is -0.471 e. The van der Waals surface area contributed by atoms with Crippen LogP contribution in [0.3, 0.4) is 0 Å². The summed E-state index contributed by atoms with van der Waals surface area (Å²) in [5.41, 5.74) is 0. The van der Waals surface area contributed by atoms with Crippen molar-refractivity contribution >= 4 is 5.82 Å². The van der Waals surface area contributed by atoms with Crippen molar-refractivity contribution in [1.29, 1.82) is 0 Å². The first-order valence-electron chi connectivity index (χ1n) is 5.02. The molecule has 1 heterocycles. The number of ether oxygens (including phenoxy) is 1. The summed E-state index contributed by atoms with van der Waals surface area (Å²) >= 11 is 0. The van der Waals surface area contributed by atoms with Gasteiger partial charge in [0.05, 0.1) is 0 Å². The Hall–Kier alpha value is -1.65. The number of nitrogens with zero attached hydrogens (tertiary/aromatic N) is 1. The molecular formula is C11H14F2N2O. The minimum absolute atomic E-state index is 0.00214. The van der Waals surface area contributed by atoms with Gasteiger partial charge in [0.25, 0.3) is 5.88 Å². The zero-order valence-corrected chi connectivity index (χ0v) is 9.09. The van der Waals surface area contributed by atoms with E-state index in [4.69, 9.17) is 4.74 Å². The van der Waals surface area contributed by atoms with Gasteiger partial charge in [0, 0.05) is 12.6 Å². The molecule has 0 aliphatic rings. The van der Waals surface area contributed by atoms with Crippen LogP contribution in [0, 0.1) is 11.6 Å². The van der Waals surface area contributed by atoms with Gasteiger partial charge in [0.15, 0.2) is 17.5 Å². The number of halogens is 2. The van der Waals surface area contributed by atoms with Crippen molar-refractivity contribution < 1.29 is 13.5 Å². The molecule has 0 aliphatic carbocycles. The highest BCUT2D eigenvalue weighted by Gasteiger charge is 2.12. The van der Waals surface area contributed by atoms with E-state index in [0.29, 0.717) is 6.54 Å². The van der Waals surface area contributed by atoms with Crippen LogP contribution in [0.25, 0.3) is 0 Å². The molecule has 0 atom stereocenters. The molecule has 1 aromatic heterocycles. The molecule has 0 radical (unpaired) electrons. The molecule has 1 rings (SSSR count). The molecule has 5 heteroatoms. The summed E-state index contributed by atoms with van der Waals surface area (Å²) in [5, 5.41) is 2.75. The summed E-state index contributed by atoms with van der Waals surface area (Å²) in [7, 11) is 0. The second kappa shape index (κ2) is 6.05. The first-order chi connectivity index (χ1) is 7.69. The van der Waals surface area contributed by atoms with E-state index in [0.717, 1.165) is 12.5 Å². The zero-order valence-electron chi connectivity index (χ0n) is 9.09. The lowest BCUT2D eigenvalue weighted by Crippen LogP contribution is -2.07. The van der Waals surface area contributed by atoms with Gasteiger partial charge < -0.3 is 10.1 Å². The van der Waals surface area contributed by atoms with E-state index in [1.807, 2.05) is 6.92 Å². The average molecular weight is 228 g/mol. The fourth-order valence-corrected chi connectivity index (χ4v) is 1.06. The van der Waals surface area contributed by atoms with E-state index in [1.165, 1.54) is 6.08 Å². The second-order valence-electron chi connectivity index (χ2n) is 3.13. The van der Waals surface area contributed by atoms with Gasteiger partial charge >= 0.3 is 0 Å². The quantitative estimate of drug-likeness (QED) is 0.760. The standard InChI is InChI=1S/C11H14F2N2O/c1-3-5-14-10-8(12)7-9(13)11(15-10)16-6-4-2/h4,7H,2-3,5-6H2,1H3,(H,14,15). The van der Waals surface area contributed by atoms with E-state index in [9.17, 15) is 8.78 Å². The molecule has 0 aromatic carbocycles. The van der Waals surface area contributed by atoms with Crippen LogP contribution >= 0.6 is 0 Å². The van der Waals surface area contributed by atoms with Crippen molar-refractivity contribution in [1.82, 2.24) is 4.98 Å². The summed E-state index contributed by atoms with van der Waals surface area (Å²) in [5.74, 6) is -1.76. The van der Waals surface area contributed by atoms with E-state index in [2.05, 4.69) is 16.9 Å². The summed E-state index contributed by atoms with van der Waals surface area (Å²) in [6, 6.07) is 0.753. The van der Waals surface area contributed by atoms with Crippen molar-refractivity contribution in [3.8, 4) is 5.88 Å². The summed E-state index contributed by atoms with van der Waals surface area (Å²) in [6.45, 7) is 6.06. The van der Waals surface area contributed by atoms with Crippen LogP contribution in [0.1, 0.15) is 13.3 Å². The molecular weight excluding hydrogens is 214 g/mol. The van der Waals surface area contributed by atoms with Crippen LogP contribution in [0.5, 0.6) is 5.88 Å². The topological polar surface area (TPSA) is 34.1 Å². The van der Waals surface area contributed by atoms with Crippen LogP contribution in [-0.2, 0) is 0 Å². The molecule has 0 amide bonds. The van der Waals surface area contributed by atoms with Gasteiger partial charge in [-0.15, -0.1) is 0 Å². The normalized spacial score (nSPS) is 9.94. The molecule has 3 nitrogen and oxygen atoms in total. The van der Waals surface area contributed by atoms with E-state index in [-0.39, 0.29) is 18.3 Å². The maximum absolute atomic E-state index is 13.2. The van der Waals surface area contributed by atoms with Gasteiger partial charge in [-0.05, 0) is 6.42 Å². The van der Waals surface area contributed by atoms with E-state index >= 15 is 0 Å². The Balaban J connectivity index is 2.87. The highest BCUT2D eigenvalue weighted by molar-refractivity contribution is 5.39. The van der Waals surface area contributed by atoms with Gasteiger partial charge in [-0.2, -0.15) is 4.98 Å². The number of rotatable bonds is 6. The van der Waals surface area contributed by atoms with Crippen LogP contribution in [0.2, 0.25) is 0 Å². The molecule has 0 bridgehead atoms. The monoisotopic (exact) mass is 228 g/mol. The SMILES string of the molecule is C=CCOc1nc(NCCC)c(F)cc1F. The van der Waals surface area contributed by atoms with Crippen molar-refractivity contribution in [2.24, 2.45) is 0 Å². The highest BCUT2D eigenvalue weighted by Crippen LogP contribution is 2.20. The number of anilines is 1. The summed E-state index contributed by atoms with van der Waals surface area (Å²) < 4.78 is 31.4. The van der Waals surface area contributed by atoms with Gasteiger partial charge in [-0.25, -0.2) is 8.78 Å². The van der Waals surface area contributed by atoms with Crippen molar-refractivity contribution in [2.45, 2.75) is 13.3 Å². The van der Waals surface area contributed by atoms with Gasteiger partial charge in [0.2, 0.25) is 0 Å². The Morgan fingerprint density at radius 1 is 1.50 bits per heavy atom. The van der Waals surface area contributed by atoms with Crippen LogP contribution in [0.15, 0.2) is 18.7 Å². The maximum atomic E-state index is 13.2. The average Bonchev–Trinajstić information content (AvgIpc) is 2.26. The van der Waals surface area contributed by atoms with Crippen molar-refractivity contribution in [3.05, 3.63) is 30.4 Å². The smallest absolute Gasteiger partial charge is 0.252 e. The van der Waals surface area contributed by atoms with Crippen LogP contribution in [-0.4, -0.2) is 18.1 Å². The number of hydrogen-bond donors (Lipinski definition) is 1. The zero-order chi connectivity index (χ0) is 12.0. The van der Waals surface area contributed by atoms with Gasteiger partial charge in [0.1, 0.15) is 6.61 Å². The Labute approximate surface area is 93.1 Å². The Morgan fingerprint density at radius 2 is 2.25 bits per heavy atom. The van der Waals surface area contributed by atoms with Gasteiger partial charge in [-0.1, -0.05) is 19.6 Å². The van der Waals surface area contributed by atoms with Crippen molar-refractivity contribution in [3.63, 3.8) is 0 Å². The lowest BCUT2D eigenvalue weighted by atomic mass is 10.4. The number of hydrogen-bond acceptors (Lipinski definition) is 3. The molecule has 0 aliphatic heterocycles. The van der Waals surface area contributed by atoms with E-state index in [1.54, 1.807) is 0 Å². The summed E-state index contributed by atoms with van der Waals surface area (Å²) in [4.78, 5) is 3.72. The lowest BCUT2D eigenvalue weighted by molar-refractivity contribution is 0.325. The molecule has 1 N–H and O–H groups in total. The first kappa shape index (κ1) is 12.4. The largest absolute Gasteiger partial charge is 0.471 e. The predicted octanol–water partition coefficient (Wildman–Crippen LogP) is 2.75. The number of pyridine rings is 1. The second-order valence-corrected chi connectivity index (χ2v) is 3.13. The predicted molar refractivity (Wildman–Crippen MR) is 58.6 cm³/mol. The number of nitrogens with one attached hydrogen (secondary N) is 1. The number of aromatic nitrogens is 1. The molecule has 16 heavy (non-hydrogen) atoms. The first-order valence-corrected chi connectivity index (χ1v) is 5.02. The fourth-order valence-electron chi connectivity index (χ4n) is 1.06. The molecule has 0 unspecified atom stereocenters. The third-order valence-electron chi connectivity index (χ3n) is 1.78. The van der Waals surface area contributed by atoms with E-state index < -0.39 is 11.6 Å². The third kappa shape index (κ3) is 3.18. The molecule has 0 fully saturated rings. The maximum Gasteiger partial charge on any atom is 0.252 e. The lowest BCUT2D eigenvalue weighted by Gasteiger charge is -2.08. The Kier molecular flexibility index (Phi) is 4.69. The molecule has 0 saturated heterocycles. The molecule has 0 saturated carbocycles. The van der Waals surface area contributed by atoms with Gasteiger partial charge in [-0.3, -0.25) is 0 Å². The fraction of sp³-hybridized carbons (Fsp3) is 0.364. The molecule has 0 spiro atoms. The summed E-state index contributed by atoms with van der Waals surface area (Å²) in [6.07, 6.45) is 2.28. The molecule has 1 aromatic rings. The highest BCUT2D eigenvalue weighted by atomic mass is 19.1.